The summed E-state index contributed by atoms with van der Waals surface area (Å²) in [5, 5.41) is 2.92. The van der Waals surface area contributed by atoms with Gasteiger partial charge in [-0.3, -0.25) is 14.5 Å². The van der Waals surface area contributed by atoms with Gasteiger partial charge in [-0.15, -0.1) is 0 Å². The second kappa shape index (κ2) is 10.6. The van der Waals surface area contributed by atoms with Gasteiger partial charge in [-0.2, -0.15) is 0 Å². The van der Waals surface area contributed by atoms with Crippen LogP contribution in [0.25, 0.3) is 0 Å². The molecule has 0 heterocycles. The van der Waals surface area contributed by atoms with Crippen LogP contribution in [-0.4, -0.2) is 63.0 Å². The number of anilines is 1. The van der Waals surface area contributed by atoms with Crippen LogP contribution in [0.3, 0.4) is 0 Å². The third-order valence-corrected chi connectivity index (χ3v) is 4.99. The van der Waals surface area contributed by atoms with Crippen molar-refractivity contribution in [2.75, 3.05) is 46.7 Å². The maximum Gasteiger partial charge on any atom is 0.238 e. The predicted molar refractivity (Wildman–Crippen MR) is 118 cm³/mol. The van der Waals surface area contributed by atoms with Crippen molar-refractivity contribution in [1.82, 2.24) is 9.80 Å². The lowest BCUT2D eigenvalue weighted by atomic mass is 10.1. The molecule has 0 unspecified atom stereocenters. The standard InChI is InChI=1S/C23H31N3O4/c1-16-8-7-9-19(17(16)2)24-22(27)14-25(3)15-23(28)26(4)13-18-10-11-20(29-5)21(12-18)30-6/h7-12H,13-15H2,1-6H3,(H,24,27). The molecule has 0 saturated heterocycles. The Balaban J connectivity index is 1.88. The summed E-state index contributed by atoms with van der Waals surface area (Å²) < 4.78 is 10.6. The Morgan fingerprint density at radius 1 is 0.967 bits per heavy atom. The van der Waals surface area contributed by atoms with Gasteiger partial charge in [0.25, 0.3) is 0 Å². The number of methoxy groups -OCH3 is 2. The largest absolute Gasteiger partial charge is 0.493 e. The molecule has 0 bridgehead atoms. The number of nitrogens with zero attached hydrogens (tertiary/aromatic N) is 2. The number of nitrogens with one attached hydrogen (secondary N) is 1. The van der Waals surface area contributed by atoms with E-state index >= 15 is 0 Å². The summed E-state index contributed by atoms with van der Waals surface area (Å²) in [6.45, 7) is 4.68. The van der Waals surface area contributed by atoms with Crippen LogP contribution in [0.5, 0.6) is 11.5 Å². The maximum atomic E-state index is 12.6. The molecule has 2 rings (SSSR count). The molecule has 1 N–H and O–H groups in total. The van der Waals surface area contributed by atoms with Gasteiger partial charge >= 0.3 is 0 Å². The fourth-order valence-electron chi connectivity index (χ4n) is 3.07. The molecule has 2 aromatic carbocycles. The minimum Gasteiger partial charge on any atom is -0.493 e. The Morgan fingerprint density at radius 2 is 1.67 bits per heavy atom. The summed E-state index contributed by atoms with van der Waals surface area (Å²) in [4.78, 5) is 28.3. The Kier molecular flexibility index (Phi) is 8.24. The molecule has 7 heteroatoms. The van der Waals surface area contributed by atoms with Crippen molar-refractivity contribution in [1.29, 1.82) is 0 Å². The van der Waals surface area contributed by atoms with Crippen LogP contribution in [0.15, 0.2) is 36.4 Å². The normalized spacial score (nSPS) is 10.6. The number of benzene rings is 2. The first-order valence-electron chi connectivity index (χ1n) is 9.74. The third kappa shape index (κ3) is 6.22. The summed E-state index contributed by atoms with van der Waals surface area (Å²) in [7, 11) is 6.65. The maximum absolute atomic E-state index is 12.6. The highest BCUT2D eigenvalue weighted by atomic mass is 16.5. The smallest absolute Gasteiger partial charge is 0.238 e. The van der Waals surface area contributed by atoms with Crippen LogP contribution >= 0.6 is 0 Å². The molecule has 2 aromatic rings. The molecule has 0 aromatic heterocycles. The van der Waals surface area contributed by atoms with Gasteiger partial charge in [0.05, 0.1) is 27.3 Å². The SMILES string of the molecule is COc1ccc(CN(C)C(=O)CN(C)CC(=O)Nc2cccc(C)c2C)cc1OC. The minimum atomic E-state index is -0.151. The van der Waals surface area contributed by atoms with Crippen molar-refractivity contribution in [3.63, 3.8) is 0 Å². The van der Waals surface area contributed by atoms with Crippen molar-refractivity contribution in [2.45, 2.75) is 20.4 Å². The molecular weight excluding hydrogens is 382 g/mol. The highest BCUT2D eigenvalue weighted by Gasteiger charge is 2.16. The number of likely N-dealkylation sites (N-methyl/N-ethyl adjacent to an activating group) is 2. The first-order chi connectivity index (χ1) is 14.2. The molecule has 0 saturated carbocycles. The molecule has 0 fully saturated rings. The van der Waals surface area contributed by atoms with Gasteiger partial charge in [-0.25, -0.2) is 0 Å². The molecule has 0 aliphatic carbocycles. The predicted octanol–water partition coefficient (Wildman–Crippen LogP) is 2.85. The molecule has 0 aliphatic heterocycles. The van der Waals surface area contributed by atoms with Gasteiger partial charge in [0, 0.05) is 19.3 Å². The monoisotopic (exact) mass is 413 g/mol. The average Bonchev–Trinajstić information content (AvgIpc) is 2.71. The molecule has 0 spiro atoms. The quantitative estimate of drug-likeness (QED) is 0.685. The number of carbonyl (C=O) groups is 2. The fourth-order valence-corrected chi connectivity index (χ4v) is 3.07. The van der Waals surface area contributed by atoms with Crippen molar-refractivity contribution in [3.05, 3.63) is 53.1 Å². The summed E-state index contributed by atoms with van der Waals surface area (Å²) >= 11 is 0. The van der Waals surface area contributed by atoms with E-state index in [0.717, 1.165) is 22.4 Å². The zero-order valence-electron chi connectivity index (χ0n) is 18.6. The minimum absolute atomic E-state index is 0.0770. The number of rotatable bonds is 9. The number of ether oxygens (including phenoxy) is 2. The van der Waals surface area contributed by atoms with Crippen molar-refractivity contribution >= 4 is 17.5 Å². The first-order valence-corrected chi connectivity index (χ1v) is 9.74. The zero-order chi connectivity index (χ0) is 22.3. The summed E-state index contributed by atoms with van der Waals surface area (Å²) in [6.07, 6.45) is 0. The zero-order valence-corrected chi connectivity index (χ0v) is 18.6. The Bertz CT molecular complexity index is 898. The molecule has 0 atom stereocenters. The van der Waals surface area contributed by atoms with Gasteiger partial charge in [0.2, 0.25) is 11.8 Å². The first kappa shape index (κ1) is 23.2. The Morgan fingerprint density at radius 3 is 2.33 bits per heavy atom. The topological polar surface area (TPSA) is 71.1 Å². The van der Waals surface area contributed by atoms with E-state index in [4.69, 9.17) is 9.47 Å². The summed E-state index contributed by atoms with van der Waals surface area (Å²) in [6, 6.07) is 11.4. The second-order valence-electron chi connectivity index (χ2n) is 7.41. The van der Waals surface area contributed by atoms with Crippen molar-refractivity contribution < 1.29 is 19.1 Å². The molecule has 7 nitrogen and oxygen atoms in total. The van der Waals surface area contributed by atoms with Crippen LogP contribution in [0.4, 0.5) is 5.69 Å². The molecular formula is C23H31N3O4. The van der Waals surface area contributed by atoms with Gasteiger partial charge in [0.15, 0.2) is 11.5 Å². The van der Waals surface area contributed by atoms with Crippen LogP contribution in [0.2, 0.25) is 0 Å². The van der Waals surface area contributed by atoms with E-state index in [-0.39, 0.29) is 24.9 Å². The van der Waals surface area contributed by atoms with Crippen LogP contribution < -0.4 is 14.8 Å². The molecule has 30 heavy (non-hydrogen) atoms. The van der Waals surface area contributed by atoms with E-state index in [0.29, 0.717) is 18.0 Å². The van der Waals surface area contributed by atoms with E-state index in [1.54, 1.807) is 38.1 Å². The Hall–Kier alpha value is -3.06. The highest BCUT2D eigenvalue weighted by molar-refractivity contribution is 5.93. The summed E-state index contributed by atoms with van der Waals surface area (Å²) in [5.74, 6) is 1.04. The van der Waals surface area contributed by atoms with E-state index in [1.807, 2.05) is 50.2 Å². The van der Waals surface area contributed by atoms with Gasteiger partial charge < -0.3 is 19.7 Å². The molecule has 0 radical (unpaired) electrons. The number of hydrogen-bond donors (Lipinski definition) is 1. The number of aryl methyl sites for hydroxylation is 1. The van der Waals surface area contributed by atoms with Gasteiger partial charge in [-0.05, 0) is 55.8 Å². The molecule has 2 amide bonds. The van der Waals surface area contributed by atoms with E-state index in [2.05, 4.69) is 5.32 Å². The number of amides is 2. The third-order valence-electron chi connectivity index (χ3n) is 4.99. The van der Waals surface area contributed by atoms with Crippen LogP contribution in [-0.2, 0) is 16.1 Å². The van der Waals surface area contributed by atoms with E-state index in [1.165, 1.54) is 0 Å². The van der Waals surface area contributed by atoms with E-state index in [9.17, 15) is 9.59 Å². The Labute approximate surface area is 178 Å². The summed E-state index contributed by atoms with van der Waals surface area (Å²) in [5.41, 5.74) is 3.89. The van der Waals surface area contributed by atoms with Gasteiger partial charge in [0.1, 0.15) is 0 Å². The highest BCUT2D eigenvalue weighted by Crippen LogP contribution is 2.28. The lowest BCUT2D eigenvalue weighted by Gasteiger charge is -2.22. The molecule has 0 aliphatic rings. The average molecular weight is 414 g/mol. The van der Waals surface area contributed by atoms with Gasteiger partial charge in [-0.1, -0.05) is 18.2 Å². The fraction of sp³-hybridized carbons (Fsp3) is 0.391. The lowest BCUT2D eigenvalue weighted by Crippen LogP contribution is -2.39. The van der Waals surface area contributed by atoms with Crippen LogP contribution in [0.1, 0.15) is 16.7 Å². The number of hydrogen-bond acceptors (Lipinski definition) is 5. The van der Waals surface area contributed by atoms with E-state index < -0.39 is 0 Å². The lowest BCUT2D eigenvalue weighted by molar-refractivity contribution is -0.131. The van der Waals surface area contributed by atoms with Crippen molar-refractivity contribution in [3.8, 4) is 11.5 Å². The van der Waals surface area contributed by atoms with Crippen molar-refractivity contribution in [2.24, 2.45) is 0 Å². The molecule has 162 valence electrons. The number of carbonyl (C=O) groups excluding carboxylic acids is 2. The van der Waals surface area contributed by atoms with Crippen LogP contribution in [0, 0.1) is 13.8 Å². The second-order valence-corrected chi connectivity index (χ2v) is 7.41.